The molecule has 3 nitrogen and oxygen atoms in total. The summed E-state index contributed by atoms with van der Waals surface area (Å²) < 4.78 is 0. The third-order valence-corrected chi connectivity index (χ3v) is 3.54. The predicted octanol–water partition coefficient (Wildman–Crippen LogP) is 3.32. The molecule has 0 fully saturated rings. The summed E-state index contributed by atoms with van der Waals surface area (Å²) in [6.07, 6.45) is 1.91. The zero-order valence-electron chi connectivity index (χ0n) is 9.67. The standard InChI is InChI=1S/C14H12N2OS/c17-14-15-8-12(11-6-7-18-10-11)9-16(14)13-4-2-1-3-5-13/h1-7,9-10H,8H2,(H,15,17). The van der Waals surface area contributed by atoms with Gasteiger partial charge in [-0.05, 0) is 40.1 Å². The summed E-state index contributed by atoms with van der Waals surface area (Å²) in [5.74, 6) is 0. The number of anilines is 1. The summed E-state index contributed by atoms with van der Waals surface area (Å²) >= 11 is 1.66. The van der Waals surface area contributed by atoms with Crippen molar-refractivity contribution < 1.29 is 4.79 Å². The second-order valence-electron chi connectivity index (χ2n) is 4.03. The average molecular weight is 256 g/mol. The minimum atomic E-state index is -0.0832. The number of hydrogen-bond donors (Lipinski definition) is 1. The minimum Gasteiger partial charge on any atom is -0.333 e. The molecule has 0 bridgehead atoms. The van der Waals surface area contributed by atoms with Crippen LogP contribution in [0, 0.1) is 0 Å². The number of benzene rings is 1. The van der Waals surface area contributed by atoms with Crippen LogP contribution in [-0.2, 0) is 0 Å². The van der Waals surface area contributed by atoms with Crippen molar-refractivity contribution in [1.82, 2.24) is 5.32 Å². The largest absolute Gasteiger partial charge is 0.333 e. The van der Waals surface area contributed by atoms with Crippen LogP contribution in [-0.4, -0.2) is 12.6 Å². The first-order valence-electron chi connectivity index (χ1n) is 5.70. The molecule has 1 aliphatic rings. The monoisotopic (exact) mass is 256 g/mol. The first-order valence-corrected chi connectivity index (χ1v) is 6.64. The molecule has 0 aliphatic carbocycles. The summed E-state index contributed by atoms with van der Waals surface area (Å²) in [5, 5.41) is 7.02. The summed E-state index contributed by atoms with van der Waals surface area (Å²) in [5.41, 5.74) is 3.17. The third-order valence-electron chi connectivity index (χ3n) is 2.86. The molecule has 1 aliphatic heterocycles. The first kappa shape index (κ1) is 11.0. The van der Waals surface area contributed by atoms with Crippen molar-refractivity contribution in [1.29, 1.82) is 0 Å². The lowest BCUT2D eigenvalue weighted by molar-refractivity contribution is 0.248. The van der Waals surface area contributed by atoms with Gasteiger partial charge in [-0.2, -0.15) is 11.3 Å². The highest BCUT2D eigenvalue weighted by atomic mass is 32.1. The summed E-state index contributed by atoms with van der Waals surface area (Å²) in [7, 11) is 0. The van der Waals surface area contributed by atoms with E-state index >= 15 is 0 Å². The fraction of sp³-hybridized carbons (Fsp3) is 0.0714. The summed E-state index contributed by atoms with van der Waals surface area (Å²) in [6, 6.07) is 11.6. The van der Waals surface area contributed by atoms with E-state index in [1.807, 2.05) is 41.9 Å². The predicted molar refractivity (Wildman–Crippen MR) is 74.6 cm³/mol. The van der Waals surface area contributed by atoms with E-state index in [1.54, 1.807) is 16.2 Å². The molecule has 1 aromatic carbocycles. The molecule has 4 heteroatoms. The maximum atomic E-state index is 11.9. The lowest BCUT2D eigenvalue weighted by Crippen LogP contribution is -2.41. The Kier molecular flexibility index (Phi) is 2.86. The van der Waals surface area contributed by atoms with Gasteiger partial charge in [0.1, 0.15) is 0 Å². The number of carbonyl (C=O) groups excluding carboxylic acids is 1. The van der Waals surface area contributed by atoms with Gasteiger partial charge in [-0.25, -0.2) is 4.79 Å². The van der Waals surface area contributed by atoms with Gasteiger partial charge in [0, 0.05) is 12.7 Å². The van der Waals surface area contributed by atoms with Gasteiger partial charge >= 0.3 is 6.03 Å². The van der Waals surface area contributed by atoms with Crippen LogP contribution in [0.15, 0.2) is 53.4 Å². The van der Waals surface area contributed by atoms with Gasteiger partial charge < -0.3 is 5.32 Å². The topological polar surface area (TPSA) is 32.3 Å². The van der Waals surface area contributed by atoms with Crippen LogP contribution in [0.25, 0.3) is 5.57 Å². The summed E-state index contributed by atoms with van der Waals surface area (Å²) in [4.78, 5) is 13.5. The van der Waals surface area contributed by atoms with E-state index < -0.39 is 0 Å². The van der Waals surface area contributed by atoms with E-state index in [2.05, 4.69) is 16.8 Å². The molecule has 2 amide bonds. The average Bonchev–Trinajstić information content (AvgIpc) is 2.94. The number of amides is 2. The van der Waals surface area contributed by atoms with E-state index in [4.69, 9.17) is 0 Å². The fourth-order valence-electron chi connectivity index (χ4n) is 1.92. The molecular weight excluding hydrogens is 244 g/mol. The Balaban J connectivity index is 1.98. The van der Waals surface area contributed by atoms with Crippen LogP contribution in [0.4, 0.5) is 10.5 Å². The normalized spacial score (nSPS) is 15.2. The highest BCUT2D eigenvalue weighted by molar-refractivity contribution is 7.08. The van der Waals surface area contributed by atoms with E-state index in [0.717, 1.165) is 11.3 Å². The van der Waals surface area contributed by atoms with Crippen molar-refractivity contribution in [3.8, 4) is 0 Å². The Bertz CT molecular complexity index is 575. The van der Waals surface area contributed by atoms with Crippen molar-refractivity contribution >= 4 is 28.6 Å². The Hall–Kier alpha value is -2.07. The molecule has 0 saturated heterocycles. The number of urea groups is 1. The zero-order valence-corrected chi connectivity index (χ0v) is 10.5. The van der Waals surface area contributed by atoms with Crippen LogP contribution in [0.2, 0.25) is 0 Å². The van der Waals surface area contributed by atoms with Gasteiger partial charge in [-0.15, -0.1) is 0 Å². The van der Waals surface area contributed by atoms with Crippen LogP contribution in [0.3, 0.4) is 0 Å². The van der Waals surface area contributed by atoms with Crippen LogP contribution < -0.4 is 10.2 Å². The van der Waals surface area contributed by atoms with E-state index in [9.17, 15) is 4.79 Å². The van der Waals surface area contributed by atoms with Gasteiger partial charge in [-0.1, -0.05) is 18.2 Å². The second-order valence-corrected chi connectivity index (χ2v) is 4.81. The number of nitrogens with one attached hydrogen (secondary N) is 1. The quantitative estimate of drug-likeness (QED) is 0.878. The van der Waals surface area contributed by atoms with Gasteiger partial charge in [0.15, 0.2) is 0 Å². The molecule has 2 aromatic rings. The van der Waals surface area contributed by atoms with E-state index in [0.29, 0.717) is 6.54 Å². The molecular formula is C14H12N2OS. The molecule has 90 valence electrons. The zero-order chi connectivity index (χ0) is 12.4. The second kappa shape index (κ2) is 4.66. The maximum Gasteiger partial charge on any atom is 0.326 e. The molecule has 0 atom stereocenters. The Morgan fingerprint density at radius 2 is 2.00 bits per heavy atom. The Morgan fingerprint density at radius 1 is 1.17 bits per heavy atom. The molecule has 1 aromatic heterocycles. The van der Waals surface area contributed by atoms with Crippen LogP contribution in [0.1, 0.15) is 5.56 Å². The van der Waals surface area contributed by atoms with Crippen LogP contribution in [0.5, 0.6) is 0 Å². The van der Waals surface area contributed by atoms with Gasteiger partial charge in [0.2, 0.25) is 0 Å². The van der Waals surface area contributed by atoms with Gasteiger partial charge in [0.25, 0.3) is 0 Å². The number of nitrogens with zero attached hydrogens (tertiary/aromatic N) is 1. The van der Waals surface area contributed by atoms with Crippen molar-refractivity contribution in [2.24, 2.45) is 0 Å². The maximum absolute atomic E-state index is 11.9. The Labute approximate surface area is 109 Å². The molecule has 0 unspecified atom stereocenters. The molecule has 18 heavy (non-hydrogen) atoms. The smallest absolute Gasteiger partial charge is 0.326 e. The molecule has 3 rings (SSSR count). The SMILES string of the molecule is O=C1NCC(c2ccsc2)=CN1c1ccccc1. The highest BCUT2D eigenvalue weighted by Gasteiger charge is 2.20. The number of thiophene rings is 1. The van der Waals surface area contributed by atoms with E-state index in [1.165, 1.54) is 5.56 Å². The fourth-order valence-corrected chi connectivity index (χ4v) is 2.60. The highest BCUT2D eigenvalue weighted by Crippen LogP contribution is 2.23. The number of para-hydroxylation sites is 1. The van der Waals surface area contributed by atoms with Crippen molar-refractivity contribution in [3.05, 3.63) is 58.9 Å². The number of hydrogen-bond acceptors (Lipinski definition) is 2. The van der Waals surface area contributed by atoms with Crippen molar-refractivity contribution in [3.63, 3.8) is 0 Å². The number of carbonyl (C=O) groups is 1. The first-order chi connectivity index (χ1) is 8.84. The Morgan fingerprint density at radius 3 is 2.72 bits per heavy atom. The van der Waals surface area contributed by atoms with E-state index in [-0.39, 0.29) is 6.03 Å². The minimum absolute atomic E-state index is 0.0832. The van der Waals surface area contributed by atoms with Crippen LogP contribution >= 0.6 is 11.3 Å². The van der Waals surface area contributed by atoms with Crippen molar-refractivity contribution in [2.75, 3.05) is 11.4 Å². The third kappa shape index (κ3) is 2.02. The van der Waals surface area contributed by atoms with Crippen molar-refractivity contribution in [2.45, 2.75) is 0 Å². The molecule has 0 saturated carbocycles. The molecule has 1 N–H and O–H groups in total. The van der Waals surface area contributed by atoms with Gasteiger partial charge in [-0.3, -0.25) is 4.90 Å². The molecule has 0 spiro atoms. The summed E-state index contributed by atoms with van der Waals surface area (Å²) in [6.45, 7) is 0.582. The molecule has 2 heterocycles. The molecule has 0 radical (unpaired) electrons. The lowest BCUT2D eigenvalue weighted by Gasteiger charge is -2.25. The number of rotatable bonds is 2. The van der Waals surface area contributed by atoms with Gasteiger partial charge in [0.05, 0.1) is 5.69 Å². The lowest BCUT2D eigenvalue weighted by atomic mass is 10.1.